The van der Waals surface area contributed by atoms with Crippen molar-refractivity contribution in [3.05, 3.63) is 34.9 Å². The van der Waals surface area contributed by atoms with E-state index < -0.39 is 5.60 Å². The summed E-state index contributed by atoms with van der Waals surface area (Å²) < 4.78 is 21.5. The van der Waals surface area contributed by atoms with E-state index in [0.717, 1.165) is 12.0 Å². The van der Waals surface area contributed by atoms with Gasteiger partial charge in [0.05, 0.1) is 32.0 Å². The Morgan fingerprint density at radius 3 is 2.15 bits per heavy atom. The van der Waals surface area contributed by atoms with Crippen molar-refractivity contribution in [1.29, 1.82) is 0 Å². The van der Waals surface area contributed by atoms with Crippen LogP contribution >= 0.6 is 0 Å². The molecule has 1 fully saturated rings. The number of rotatable bonds is 5. The van der Waals surface area contributed by atoms with Crippen molar-refractivity contribution in [1.82, 2.24) is 0 Å². The predicted molar refractivity (Wildman–Crippen MR) is 96.1 cm³/mol. The molecule has 1 N–H and O–H groups in total. The zero-order chi connectivity index (χ0) is 18.9. The molecule has 0 saturated heterocycles. The predicted octanol–water partition coefficient (Wildman–Crippen LogP) is 2.31. The second-order valence-corrected chi connectivity index (χ2v) is 7.00. The smallest absolute Gasteiger partial charge is 0.189 e. The Morgan fingerprint density at radius 1 is 1.04 bits per heavy atom. The van der Waals surface area contributed by atoms with Gasteiger partial charge >= 0.3 is 0 Å². The van der Waals surface area contributed by atoms with Crippen LogP contribution in [0, 0.1) is 0 Å². The highest BCUT2D eigenvalue weighted by Gasteiger charge is 2.40. The number of fused-ring (bicyclic) bond motifs is 1. The molecule has 1 saturated carbocycles. The molecule has 0 bridgehead atoms. The molecular formula is C20H26O6. The molecule has 1 aromatic rings. The Morgan fingerprint density at radius 2 is 1.62 bits per heavy atom. The van der Waals surface area contributed by atoms with Crippen molar-refractivity contribution >= 4 is 5.78 Å². The van der Waals surface area contributed by atoms with Gasteiger partial charge in [0.25, 0.3) is 0 Å². The molecule has 142 valence electrons. The molecule has 0 aromatic heterocycles. The topological polar surface area (TPSA) is 74.2 Å². The molecule has 6 heteroatoms. The van der Waals surface area contributed by atoms with Crippen LogP contribution in [-0.2, 0) is 15.9 Å². The number of allylic oxidation sites excluding steroid dienone is 1. The lowest BCUT2D eigenvalue weighted by atomic mass is 9.79. The number of ketones is 1. The van der Waals surface area contributed by atoms with E-state index in [9.17, 15) is 9.90 Å². The number of hydrogen-bond donors (Lipinski definition) is 1. The van der Waals surface area contributed by atoms with Crippen LogP contribution in [0.2, 0.25) is 0 Å². The molecule has 2 unspecified atom stereocenters. The Kier molecular flexibility index (Phi) is 5.37. The number of carbonyl (C=O) groups excluding carboxylic acids is 1. The van der Waals surface area contributed by atoms with Gasteiger partial charge in [-0.2, -0.15) is 0 Å². The number of benzene rings is 1. The van der Waals surface area contributed by atoms with Gasteiger partial charge in [-0.3, -0.25) is 4.79 Å². The van der Waals surface area contributed by atoms with Crippen molar-refractivity contribution in [3.8, 4) is 11.5 Å². The summed E-state index contributed by atoms with van der Waals surface area (Å²) in [5.74, 6) is 1.04. The molecule has 0 amide bonds. The van der Waals surface area contributed by atoms with E-state index in [2.05, 4.69) is 0 Å². The summed E-state index contributed by atoms with van der Waals surface area (Å²) in [5, 5.41) is 11.1. The highest BCUT2D eigenvalue weighted by molar-refractivity contribution is 6.13. The van der Waals surface area contributed by atoms with Gasteiger partial charge in [-0.1, -0.05) is 0 Å². The van der Waals surface area contributed by atoms with Crippen molar-refractivity contribution in [2.45, 2.75) is 43.5 Å². The maximum Gasteiger partial charge on any atom is 0.189 e. The first-order chi connectivity index (χ1) is 12.4. The minimum Gasteiger partial charge on any atom is -0.493 e. The molecule has 2 aliphatic carbocycles. The Balaban J connectivity index is 1.91. The summed E-state index contributed by atoms with van der Waals surface area (Å²) in [5.41, 5.74) is 0.940. The van der Waals surface area contributed by atoms with Crippen LogP contribution in [-0.4, -0.2) is 57.1 Å². The van der Waals surface area contributed by atoms with E-state index in [0.29, 0.717) is 41.9 Å². The van der Waals surface area contributed by atoms with E-state index in [1.54, 1.807) is 40.6 Å². The van der Waals surface area contributed by atoms with Gasteiger partial charge in [-0.15, -0.1) is 0 Å². The van der Waals surface area contributed by atoms with Crippen molar-refractivity contribution < 1.29 is 28.8 Å². The van der Waals surface area contributed by atoms with Crippen molar-refractivity contribution in [2.24, 2.45) is 0 Å². The first-order valence-electron chi connectivity index (χ1n) is 8.72. The largest absolute Gasteiger partial charge is 0.493 e. The van der Waals surface area contributed by atoms with Crippen LogP contribution in [0.25, 0.3) is 0 Å². The summed E-state index contributed by atoms with van der Waals surface area (Å²) in [7, 11) is 6.37. The van der Waals surface area contributed by atoms with Gasteiger partial charge in [-0.05, 0) is 30.2 Å². The highest BCUT2D eigenvalue weighted by Crippen LogP contribution is 2.39. The van der Waals surface area contributed by atoms with E-state index >= 15 is 0 Å². The highest BCUT2D eigenvalue weighted by atomic mass is 16.5. The molecule has 26 heavy (non-hydrogen) atoms. The van der Waals surface area contributed by atoms with Gasteiger partial charge in [-0.25, -0.2) is 0 Å². The normalized spacial score (nSPS) is 29.7. The number of Topliss-reactive ketones (excluding diaryl/α,β-unsaturated/α-hetero) is 1. The maximum absolute atomic E-state index is 12.8. The van der Waals surface area contributed by atoms with Gasteiger partial charge in [0.15, 0.2) is 17.3 Å². The van der Waals surface area contributed by atoms with E-state index in [1.807, 2.05) is 6.07 Å². The zero-order valence-corrected chi connectivity index (χ0v) is 15.7. The Hall–Kier alpha value is -1.89. The lowest BCUT2D eigenvalue weighted by molar-refractivity contribution is -0.0882. The van der Waals surface area contributed by atoms with Crippen LogP contribution < -0.4 is 9.47 Å². The maximum atomic E-state index is 12.8. The van der Waals surface area contributed by atoms with E-state index in [4.69, 9.17) is 18.9 Å². The standard InChI is InChI=1S/C20H26O6/c1-23-14-7-15(24-2)11-20(22,10-14)9-13-5-12-6-17(25-3)18(26-4)8-16(12)19(13)21/h6,8-9,14-15,22H,5,7,10-11H2,1-4H3. The van der Waals surface area contributed by atoms with Crippen LogP contribution in [0.5, 0.6) is 11.5 Å². The zero-order valence-electron chi connectivity index (χ0n) is 15.7. The fourth-order valence-electron chi connectivity index (χ4n) is 3.99. The molecule has 1 aromatic carbocycles. The monoisotopic (exact) mass is 362 g/mol. The third kappa shape index (κ3) is 3.49. The molecule has 0 aliphatic heterocycles. The quantitative estimate of drug-likeness (QED) is 0.811. The third-order valence-corrected chi connectivity index (χ3v) is 5.32. The van der Waals surface area contributed by atoms with E-state index in [1.165, 1.54) is 0 Å². The van der Waals surface area contributed by atoms with Gasteiger partial charge in [0, 0.05) is 44.6 Å². The first-order valence-corrected chi connectivity index (χ1v) is 8.72. The number of methoxy groups -OCH3 is 4. The fraction of sp³-hybridized carbons (Fsp3) is 0.550. The summed E-state index contributed by atoms with van der Waals surface area (Å²) in [6, 6.07) is 3.53. The molecule has 3 rings (SSSR count). The minimum absolute atomic E-state index is 0.0807. The number of carbonyl (C=O) groups is 1. The molecular weight excluding hydrogens is 336 g/mol. The first kappa shape index (κ1) is 18.9. The number of hydrogen-bond acceptors (Lipinski definition) is 6. The third-order valence-electron chi connectivity index (χ3n) is 5.32. The van der Waals surface area contributed by atoms with Crippen LogP contribution in [0.15, 0.2) is 23.8 Å². The summed E-state index contributed by atoms with van der Waals surface area (Å²) in [4.78, 5) is 12.8. The lowest BCUT2D eigenvalue weighted by Gasteiger charge is -2.38. The van der Waals surface area contributed by atoms with Gasteiger partial charge in [0.2, 0.25) is 0 Å². The van der Waals surface area contributed by atoms with Crippen LogP contribution in [0.3, 0.4) is 0 Å². The van der Waals surface area contributed by atoms with Gasteiger partial charge in [0.1, 0.15) is 0 Å². The van der Waals surface area contributed by atoms with E-state index in [-0.39, 0.29) is 18.0 Å². The molecule has 2 atom stereocenters. The van der Waals surface area contributed by atoms with Crippen molar-refractivity contribution in [2.75, 3.05) is 28.4 Å². The summed E-state index contributed by atoms with van der Waals surface area (Å²) >= 11 is 0. The molecule has 2 aliphatic rings. The average Bonchev–Trinajstić information content (AvgIpc) is 2.94. The fourth-order valence-corrected chi connectivity index (χ4v) is 3.99. The molecule has 0 spiro atoms. The summed E-state index contributed by atoms with van der Waals surface area (Å²) in [6.07, 6.45) is 3.59. The average molecular weight is 362 g/mol. The Bertz CT molecular complexity index is 711. The SMILES string of the molecule is COc1cc2c(cc1OC)C(=O)C(=CC1(O)CC(OC)CC(OC)C1)C2. The van der Waals surface area contributed by atoms with Crippen molar-refractivity contribution in [3.63, 3.8) is 0 Å². The summed E-state index contributed by atoms with van der Waals surface area (Å²) in [6.45, 7) is 0. The molecule has 0 radical (unpaired) electrons. The van der Waals surface area contributed by atoms with Crippen LogP contribution in [0.4, 0.5) is 0 Å². The number of ether oxygens (including phenoxy) is 4. The number of aliphatic hydroxyl groups is 1. The minimum atomic E-state index is -1.12. The second kappa shape index (κ2) is 7.39. The molecule has 6 nitrogen and oxygen atoms in total. The molecule has 0 heterocycles. The lowest BCUT2D eigenvalue weighted by Crippen LogP contribution is -2.44. The Labute approximate surface area is 153 Å². The second-order valence-electron chi connectivity index (χ2n) is 7.00. The van der Waals surface area contributed by atoms with Gasteiger partial charge < -0.3 is 24.1 Å². The van der Waals surface area contributed by atoms with Crippen LogP contribution in [0.1, 0.15) is 35.2 Å².